The maximum Gasteiger partial charge on any atom is 0.0931 e. The van der Waals surface area contributed by atoms with Crippen LogP contribution in [-0.4, -0.2) is 16.3 Å². The molecule has 0 atom stereocenters. The zero-order valence-electron chi connectivity index (χ0n) is 9.11. The Kier molecular flexibility index (Phi) is 3.98. The van der Waals surface area contributed by atoms with Crippen molar-refractivity contribution in [2.45, 2.75) is 13.0 Å². The smallest absolute Gasteiger partial charge is 0.0931 e. The van der Waals surface area contributed by atoms with Crippen LogP contribution in [0.5, 0.6) is 0 Å². The molecule has 0 saturated heterocycles. The molecule has 2 aromatic heterocycles. The summed E-state index contributed by atoms with van der Waals surface area (Å²) < 4.78 is 2.76. The molecule has 0 spiro atoms. The molecule has 0 saturated carbocycles. The molecule has 3 nitrogen and oxygen atoms in total. The maximum atomic E-state index is 5.85. The summed E-state index contributed by atoms with van der Waals surface area (Å²) in [6, 6.07) is 6.04. The van der Waals surface area contributed by atoms with E-state index in [4.69, 9.17) is 11.6 Å². The summed E-state index contributed by atoms with van der Waals surface area (Å²) in [4.78, 5) is 1.27. The zero-order valence-corrected chi connectivity index (χ0v) is 10.7. The summed E-state index contributed by atoms with van der Waals surface area (Å²) >= 11 is 7.48. The molecule has 0 radical (unpaired) electrons. The van der Waals surface area contributed by atoms with Crippen LogP contribution < -0.4 is 5.32 Å². The Morgan fingerprint density at radius 3 is 2.94 bits per heavy atom. The molecule has 0 bridgehead atoms. The lowest BCUT2D eigenvalue weighted by atomic mass is 10.3. The number of rotatable bonds is 5. The van der Waals surface area contributed by atoms with E-state index in [1.165, 1.54) is 10.6 Å². The van der Waals surface area contributed by atoms with Crippen LogP contribution in [0, 0.1) is 0 Å². The highest BCUT2D eigenvalue weighted by molar-refractivity contribution is 7.16. The van der Waals surface area contributed by atoms with Gasteiger partial charge >= 0.3 is 0 Å². The van der Waals surface area contributed by atoms with Crippen LogP contribution in [-0.2, 0) is 20.0 Å². The Morgan fingerprint density at radius 1 is 1.44 bits per heavy atom. The highest BCUT2D eigenvalue weighted by Crippen LogP contribution is 2.20. The minimum atomic E-state index is 0.850. The number of aromatic nitrogens is 2. The molecular weight excluding hydrogens is 242 g/mol. The second-order valence-corrected chi connectivity index (χ2v) is 5.38. The van der Waals surface area contributed by atoms with Crippen LogP contribution in [0.3, 0.4) is 0 Å². The topological polar surface area (TPSA) is 29.9 Å². The number of nitrogens with zero attached hydrogens (tertiary/aromatic N) is 2. The van der Waals surface area contributed by atoms with E-state index in [9.17, 15) is 0 Å². The van der Waals surface area contributed by atoms with Gasteiger partial charge in [0, 0.05) is 43.3 Å². The minimum absolute atomic E-state index is 0.850. The molecule has 0 unspecified atom stereocenters. The number of nitrogens with one attached hydrogen (secondary N) is 1. The number of hydrogen-bond donors (Lipinski definition) is 1. The Labute approximate surface area is 104 Å². The quantitative estimate of drug-likeness (QED) is 0.832. The molecule has 0 aromatic carbocycles. The van der Waals surface area contributed by atoms with Crippen LogP contribution in [0.2, 0.25) is 4.34 Å². The molecule has 0 aliphatic heterocycles. The van der Waals surface area contributed by atoms with Gasteiger partial charge in [-0.1, -0.05) is 11.6 Å². The lowest BCUT2D eigenvalue weighted by Gasteiger charge is -2.03. The Bertz CT molecular complexity index is 450. The van der Waals surface area contributed by atoms with E-state index in [2.05, 4.69) is 16.5 Å². The van der Waals surface area contributed by atoms with Crippen molar-refractivity contribution in [1.29, 1.82) is 0 Å². The van der Waals surface area contributed by atoms with E-state index < -0.39 is 0 Å². The molecule has 2 rings (SSSR count). The normalized spacial score (nSPS) is 10.9. The highest BCUT2D eigenvalue weighted by Gasteiger charge is 1.99. The molecule has 1 N–H and O–H groups in total. The molecule has 0 aliphatic rings. The molecule has 2 aromatic rings. The highest BCUT2D eigenvalue weighted by atomic mass is 35.5. The average molecular weight is 256 g/mol. The van der Waals surface area contributed by atoms with Crippen molar-refractivity contribution in [3.63, 3.8) is 0 Å². The van der Waals surface area contributed by atoms with E-state index in [-0.39, 0.29) is 0 Å². The fraction of sp³-hybridized carbons (Fsp3) is 0.364. The lowest BCUT2D eigenvalue weighted by Crippen LogP contribution is -2.17. The second kappa shape index (κ2) is 5.48. The molecule has 5 heteroatoms. The number of aryl methyl sites for hydroxylation is 1. The van der Waals surface area contributed by atoms with E-state index in [0.717, 1.165) is 23.8 Å². The number of hydrogen-bond acceptors (Lipinski definition) is 3. The second-order valence-electron chi connectivity index (χ2n) is 3.58. The first-order valence-corrected chi connectivity index (χ1v) is 6.37. The average Bonchev–Trinajstić information content (AvgIpc) is 2.83. The first-order chi connectivity index (χ1) is 7.75. The summed E-state index contributed by atoms with van der Waals surface area (Å²) in [5.74, 6) is 0. The molecule has 0 amide bonds. The van der Waals surface area contributed by atoms with Gasteiger partial charge < -0.3 is 5.32 Å². The Balaban J connectivity index is 1.71. The summed E-state index contributed by atoms with van der Waals surface area (Å²) in [5, 5.41) is 7.52. The van der Waals surface area contributed by atoms with Gasteiger partial charge in [0.1, 0.15) is 0 Å². The number of thiophene rings is 1. The van der Waals surface area contributed by atoms with Crippen molar-refractivity contribution in [3.8, 4) is 0 Å². The van der Waals surface area contributed by atoms with E-state index in [0.29, 0.717) is 0 Å². The van der Waals surface area contributed by atoms with E-state index >= 15 is 0 Å². The molecule has 86 valence electrons. The summed E-state index contributed by atoms with van der Waals surface area (Å²) in [6.07, 6.45) is 2.82. The van der Waals surface area contributed by atoms with Gasteiger partial charge in [-0.2, -0.15) is 5.10 Å². The standard InChI is InChI=1S/C11H14ClN3S/c1-15-9(5-7-14-15)4-6-13-8-10-2-3-11(12)16-10/h2-3,5,7,13H,4,6,8H2,1H3. The fourth-order valence-electron chi connectivity index (χ4n) is 1.52. The van der Waals surface area contributed by atoms with Gasteiger partial charge in [0.15, 0.2) is 0 Å². The van der Waals surface area contributed by atoms with Crippen LogP contribution in [0.15, 0.2) is 24.4 Å². The Hall–Kier alpha value is -0.840. The monoisotopic (exact) mass is 255 g/mol. The third-order valence-corrected chi connectivity index (χ3v) is 3.64. The van der Waals surface area contributed by atoms with Crippen molar-refractivity contribution < 1.29 is 0 Å². The molecule has 0 aliphatic carbocycles. The molecular formula is C11H14ClN3S. The van der Waals surface area contributed by atoms with E-state index in [1.54, 1.807) is 11.3 Å². The number of halogens is 1. The van der Waals surface area contributed by atoms with Gasteiger partial charge in [0.05, 0.1) is 4.34 Å². The minimum Gasteiger partial charge on any atom is -0.311 e. The molecule has 0 fully saturated rings. The third kappa shape index (κ3) is 3.07. The molecule has 2 heterocycles. The van der Waals surface area contributed by atoms with Crippen molar-refractivity contribution in [3.05, 3.63) is 39.3 Å². The van der Waals surface area contributed by atoms with Gasteiger partial charge in [-0.05, 0) is 18.2 Å². The summed E-state index contributed by atoms with van der Waals surface area (Å²) in [7, 11) is 1.97. The van der Waals surface area contributed by atoms with Crippen molar-refractivity contribution >= 4 is 22.9 Å². The van der Waals surface area contributed by atoms with Crippen LogP contribution in [0.25, 0.3) is 0 Å². The van der Waals surface area contributed by atoms with Crippen LogP contribution >= 0.6 is 22.9 Å². The van der Waals surface area contributed by atoms with Gasteiger partial charge in [-0.3, -0.25) is 4.68 Å². The first kappa shape index (κ1) is 11.6. The fourth-order valence-corrected chi connectivity index (χ4v) is 2.58. The van der Waals surface area contributed by atoms with Gasteiger partial charge in [-0.15, -0.1) is 11.3 Å². The predicted molar refractivity (Wildman–Crippen MR) is 67.9 cm³/mol. The zero-order chi connectivity index (χ0) is 11.4. The predicted octanol–water partition coefficient (Wildman–Crippen LogP) is 2.47. The van der Waals surface area contributed by atoms with Gasteiger partial charge in [0.25, 0.3) is 0 Å². The molecule has 16 heavy (non-hydrogen) atoms. The Morgan fingerprint density at radius 2 is 2.31 bits per heavy atom. The van der Waals surface area contributed by atoms with Gasteiger partial charge in [-0.25, -0.2) is 0 Å². The lowest BCUT2D eigenvalue weighted by molar-refractivity contribution is 0.646. The van der Waals surface area contributed by atoms with Gasteiger partial charge in [0.2, 0.25) is 0 Å². The maximum absolute atomic E-state index is 5.85. The van der Waals surface area contributed by atoms with Crippen molar-refractivity contribution in [2.75, 3.05) is 6.54 Å². The largest absolute Gasteiger partial charge is 0.311 e. The SMILES string of the molecule is Cn1nccc1CCNCc1ccc(Cl)s1. The summed E-state index contributed by atoms with van der Waals surface area (Å²) in [6.45, 7) is 1.84. The summed E-state index contributed by atoms with van der Waals surface area (Å²) in [5.41, 5.74) is 1.25. The van der Waals surface area contributed by atoms with Crippen LogP contribution in [0.4, 0.5) is 0 Å². The van der Waals surface area contributed by atoms with Crippen molar-refractivity contribution in [1.82, 2.24) is 15.1 Å². The third-order valence-electron chi connectivity index (χ3n) is 2.41. The first-order valence-electron chi connectivity index (χ1n) is 5.17. The van der Waals surface area contributed by atoms with E-state index in [1.807, 2.05) is 30.1 Å². The van der Waals surface area contributed by atoms with Crippen LogP contribution in [0.1, 0.15) is 10.6 Å². The van der Waals surface area contributed by atoms with Crippen molar-refractivity contribution in [2.24, 2.45) is 7.05 Å².